The number of ketones is 1. The Hall–Kier alpha value is -3.61. The molecule has 1 amide bonds. The number of likely N-dealkylation sites (tertiary alicyclic amines) is 1. The number of amides is 1. The van der Waals surface area contributed by atoms with Crippen LogP contribution in [0.1, 0.15) is 36.0 Å². The van der Waals surface area contributed by atoms with Crippen LogP contribution in [-0.4, -0.2) is 70.0 Å². The molecule has 5 N–H and O–H groups in total. The molecule has 3 aliphatic carbocycles. The third-order valence-electron chi connectivity index (χ3n) is 8.88. The van der Waals surface area contributed by atoms with E-state index in [-0.39, 0.29) is 63.1 Å². The van der Waals surface area contributed by atoms with Gasteiger partial charge in [-0.25, -0.2) is 0 Å². The Morgan fingerprint density at radius 3 is 2.53 bits per heavy atom. The summed E-state index contributed by atoms with van der Waals surface area (Å²) < 4.78 is 0. The second kappa shape index (κ2) is 9.61. The van der Waals surface area contributed by atoms with Gasteiger partial charge in [0.2, 0.25) is 0 Å². The van der Waals surface area contributed by atoms with Crippen molar-refractivity contribution in [1.29, 1.82) is 5.26 Å². The number of likely N-dealkylation sites (N-methyl/N-ethyl adjacent to an activating group) is 1. The second-order valence-corrected chi connectivity index (χ2v) is 11.2. The number of hydrogen-bond donors (Lipinski definition) is 4. The fourth-order valence-corrected chi connectivity index (χ4v) is 7.12. The molecule has 1 aromatic carbocycles. The summed E-state index contributed by atoms with van der Waals surface area (Å²) in [6.45, 7) is 6.19. The number of nitriles is 1. The highest BCUT2D eigenvalue weighted by Gasteiger charge is 2.53. The molecule has 3 unspecified atom stereocenters. The topological polar surface area (TPSA) is 151 Å². The number of carbonyl (C=O) groups excluding carboxylic acids is 2. The number of phenolic OH excluding ortho intramolecular Hbond substituents is 1. The zero-order valence-corrected chi connectivity index (χ0v) is 21.8. The number of fused-ring (bicyclic) bond motifs is 3. The van der Waals surface area contributed by atoms with Crippen LogP contribution >= 0.6 is 0 Å². The van der Waals surface area contributed by atoms with Crippen molar-refractivity contribution in [2.45, 2.75) is 38.3 Å². The number of carbonyl (C=O) groups is 2. The zero-order chi connectivity index (χ0) is 27.5. The van der Waals surface area contributed by atoms with Gasteiger partial charge in [-0.2, -0.15) is 5.26 Å². The first-order valence-electron chi connectivity index (χ1n) is 13.1. The molecular formula is C29H34N4O5. The van der Waals surface area contributed by atoms with Crippen molar-refractivity contribution >= 4 is 17.4 Å². The number of Topliss-reactive ketones (excluding diaryl/α,β-unsaturated/α-hetero) is 1. The van der Waals surface area contributed by atoms with Gasteiger partial charge < -0.3 is 21.1 Å². The molecule has 0 spiro atoms. The Morgan fingerprint density at radius 1 is 1.24 bits per heavy atom. The lowest BCUT2D eigenvalue weighted by atomic mass is 9.58. The SMILES string of the molecule is C=C1C(C(N)=O)=C(O)[C@@H](N(C)C)C2CC3Cc4c(CN5CCC(C#N)CC5)ccc(O)c4C(O)=C3C(=O)C12. The van der Waals surface area contributed by atoms with Gasteiger partial charge in [-0.05, 0) is 87.5 Å². The van der Waals surface area contributed by atoms with E-state index in [0.29, 0.717) is 19.4 Å². The molecule has 5 rings (SSSR count). The lowest BCUT2D eigenvalue weighted by molar-refractivity contribution is -0.123. The largest absolute Gasteiger partial charge is 0.510 e. The molecule has 1 heterocycles. The van der Waals surface area contributed by atoms with Crippen LogP contribution in [0.15, 0.2) is 41.2 Å². The van der Waals surface area contributed by atoms with E-state index in [1.165, 1.54) is 0 Å². The molecule has 0 bridgehead atoms. The van der Waals surface area contributed by atoms with Crippen LogP contribution in [0.2, 0.25) is 0 Å². The van der Waals surface area contributed by atoms with Gasteiger partial charge in [-0.15, -0.1) is 0 Å². The predicted molar refractivity (Wildman–Crippen MR) is 141 cm³/mol. The first-order valence-corrected chi connectivity index (χ1v) is 13.1. The molecule has 1 aliphatic heterocycles. The van der Waals surface area contributed by atoms with E-state index < -0.39 is 17.9 Å². The van der Waals surface area contributed by atoms with Gasteiger partial charge in [-0.1, -0.05) is 12.6 Å². The molecule has 0 radical (unpaired) electrons. The molecule has 38 heavy (non-hydrogen) atoms. The van der Waals surface area contributed by atoms with E-state index in [9.17, 15) is 30.2 Å². The van der Waals surface area contributed by atoms with Crippen LogP contribution < -0.4 is 5.73 Å². The Bertz CT molecular complexity index is 1330. The van der Waals surface area contributed by atoms with E-state index >= 15 is 0 Å². The summed E-state index contributed by atoms with van der Waals surface area (Å²) in [4.78, 5) is 30.2. The Labute approximate surface area is 222 Å². The number of hydrogen-bond acceptors (Lipinski definition) is 8. The summed E-state index contributed by atoms with van der Waals surface area (Å²) in [7, 11) is 3.56. The maximum Gasteiger partial charge on any atom is 0.252 e. The first kappa shape index (κ1) is 26.0. The zero-order valence-electron chi connectivity index (χ0n) is 21.8. The van der Waals surface area contributed by atoms with Crippen molar-refractivity contribution in [1.82, 2.24) is 9.80 Å². The number of aromatic hydroxyl groups is 1. The molecule has 9 nitrogen and oxygen atoms in total. The number of primary amides is 1. The molecule has 1 aromatic rings. The van der Waals surface area contributed by atoms with Crippen molar-refractivity contribution in [2.75, 3.05) is 27.2 Å². The van der Waals surface area contributed by atoms with Crippen LogP contribution in [0, 0.1) is 35.0 Å². The van der Waals surface area contributed by atoms with Gasteiger partial charge in [0.25, 0.3) is 5.91 Å². The minimum Gasteiger partial charge on any atom is -0.510 e. The fraction of sp³-hybridized carbons (Fsp3) is 0.483. The molecule has 0 aromatic heterocycles. The molecule has 200 valence electrons. The minimum atomic E-state index is -0.846. The van der Waals surface area contributed by atoms with Gasteiger partial charge in [0.1, 0.15) is 17.3 Å². The number of nitrogens with two attached hydrogens (primary N) is 1. The lowest BCUT2D eigenvalue weighted by Gasteiger charge is -2.47. The summed E-state index contributed by atoms with van der Waals surface area (Å²) in [6, 6.07) is 5.17. The van der Waals surface area contributed by atoms with Gasteiger partial charge in [-0.3, -0.25) is 19.4 Å². The van der Waals surface area contributed by atoms with Crippen molar-refractivity contribution < 1.29 is 24.9 Å². The van der Waals surface area contributed by atoms with E-state index in [2.05, 4.69) is 17.5 Å². The average Bonchev–Trinajstić information content (AvgIpc) is 2.85. The standard InChI is InChI=1S/C29H34N4O5/c1-14-21-19(25(32(2)3)28(37)22(14)29(31)38)11-17-10-18-16(13-33-8-6-15(12-30)7-9-33)4-5-20(34)24(18)27(36)23(17)26(21)35/h4-5,15,17,19,21,25,34,36-37H,1,6-11,13H2,2-3H3,(H2,31,38)/t17?,19?,21?,25-/m0/s1. The highest BCUT2D eigenvalue weighted by atomic mass is 16.3. The van der Waals surface area contributed by atoms with Crippen LogP contribution in [0.3, 0.4) is 0 Å². The highest BCUT2D eigenvalue weighted by molar-refractivity contribution is 6.09. The summed E-state index contributed by atoms with van der Waals surface area (Å²) in [6.07, 6.45) is 2.57. The Morgan fingerprint density at radius 2 is 1.92 bits per heavy atom. The smallest absolute Gasteiger partial charge is 0.252 e. The third-order valence-corrected chi connectivity index (χ3v) is 8.88. The Balaban J connectivity index is 1.55. The molecule has 1 saturated carbocycles. The summed E-state index contributed by atoms with van der Waals surface area (Å²) >= 11 is 0. The van der Waals surface area contributed by atoms with Crippen molar-refractivity contribution in [2.24, 2.45) is 29.4 Å². The predicted octanol–water partition coefficient (Wildman–Crippen LogP) is 2.57. The van der Waals surface area contributed by atoms with Crippen molar-refractivity contribution in [3.05, 3.63) is 57.9 Å². The number of phenols is 1. The maximum atomic E-state index is 14.0. The monoisotopic (exact) mass is 518 g/mol. The number of piperidine rings is 1. The number of benzene rings is 1. The average molecular weight is 519 g/mol. The van der Waals surface area contributed by atoms with Gasteiger partial charge in [0.15, 0.2) is 5.78 Å². The van der Waals surface area contributed by atoms with Crippen molar-refractivity contribution in [3.8, 4) is 11.8 Å². The van der Waals surface area contributed by atoms with Crippen LogP contribution in [0.25, 0.3) is 5.76 Å². The van der Waals surface area contributed by atoms with Gasteiger partial charge in [0, 0.05) is 18.0 Å². The van der Waals surface area contributed by atoms with E-state index in [4.69, 9.17) is 5.73 Å². The van der Waals surface area contributed by atoms with Gasteiger partial charge in [0.05, 0.1) is 29.2 Å². The van der Waals surface area contributed by atoms with Crippen LogP contribution in [0.5, 0.6) is 5.75 Å². The summed E-state index contributed by atoms with van der Waals surface area (Å²) in [5.74, 6) is -3.10. The molecular weight excluding hydrogens is 484 g/mol. The van der Waals surface area contributed by atoms with Crippen LogP contribution in [-0.2, 0) is 22.6 Å². The van der Waals surface area contributed by atoms with Gasteiger partial charge >= 0.3 is 0 Å². The fourth-order valence-electron chi connectivity index (χ4n) is 7.12. The first-order chi connectivity index (χ1) is 18.0. The lowest BCUT2D eigenvalue weighted by Crippen LogP contribution is -2.52. The number of aliphatic hydroxyl groups excluding tert-OH is 2. The van der Waals surface area contributed by atoms with Crippen molar-refractivity contribution in [3.63, 3.8) is 0 Å². The quantitative estimate of drug-likeness (QED) is 0.475. The highest BCUT2D eigenvalue weighted by Crippen LogP contribution is 2.52. The van der Waals surface area contributed by atoms with E-state index in [0.717, 1.165) is 37.1 Å². The third kappa shape index (κ3) is 3.99. The summed E-state index contributed by atoms with van der Waals surface area (Å²) in [5, 5.41) is 42.4. The number of aliphatic hydroxyl groups is 2. The number of allylic oxidation sites excluding steroid dienone is 1. The molecule has 9 heteroatoms. The number of nitrogens with zero attached hydrogens (tertiary/aromatic N) is 3. The van der Waals surface area contributed by atoms with E-state index in [1.54, 1.807) is 25.1 Å². The molecule has 1 saturated heterocycles. The maximum absolute atomic E-state index is 14.0. The van der Waals surface area contributed by atoms with E-state index in [1.807, 2.05) is 6.07 Å². The number of rotatable bonds is 4. The molecule has 4 aliphatic rings. The molecule has 4 atom stereocenters. The van der Waals surface area contributed by atoms with Crippen LogP contribution in [0.4, 0.5) is 0 Å². The minimum absolute atomic E-state index is 0.0751. The normalized spacial score (nSPS) is 28.2. The second-order valence-electron chi connectivity index (χ2n) is 11.2. The Kier molecular flexibility index (Phi) is 6.58. The molecule has 2 fully saturated rings. The summed E-state index contributed by atoms with van der Waals surface area (Å²) in [5.41, 5.74) is 7.93.